The molecule has 0 radical (unpaired) electrons. The molecule has 0 N–H and O–H groups in total. The molecule has 20 heavy (non-hydrogen) atoms. The van der Waals surface area contributed by atoms with Crippen molar-refractivity contribution in [2.45, 2.75) is 6.18 Å². The lowest BCUT2D eigenvalue weighted by Gasteiger charge is -2.11. The van der Waals surface area contributed by atoms with Gasteiger partial charge in [0.25, 0.3) is 0 Å². The molecule has 0 amide bonds. The number of alkyl halides is 3. The first-order valence-corrected chi connectivity index (χ1v) is 5.79. The van der Waals surface area contributed by atoms with Gasteiger partial charge >= 0.3 is 6.18 Å². The van der Waals surface area contributed by atoms with Gasteiger partial charge in [-0.15, -0.1) is 10.2 Å². The van der Waals surface area contributed by atoms with Crippen molar-refractivity contribution in [3.05, 3.63) is 42.4 Å². The smallest absolute Gasteiger partial charge is 0.333 e. The zero-order valence-corrected chi connectivity index (χ0v) is 10.4. The molecule has 4 nitrogen and oxygen atoms in total. The second-order valence-corrected chi connectivity index (χ2v) is 4.30. The van der Waals surface area contributed by atoms with Crippen LogP contribution in [-0.4, -0.2) is 19.7 Å². The maximum absolute atomic E-state index is 12.9. The number of halogens is 3. The first-order valence-electron chi connectivity index (χ1n) is 5.79. The minimum atomic E-state index is -4.53. The molecule has 0 fully saturated rings. The summed E-state index contributed by atoms with van der Waals surface area (Å²) in [4.78, 5) is 4.11. The molecule has 0 aliphatic rings. The van der Waals surface area contributed by atoms with Crippen LogP contribution in [0.1, 0.15) is 5.69 Å². The highest BCUT2D eigenvalue weighted by molar-refractivity contribution is 5.94. The molecule has 0 bridgehead atoms. The maximum atomic E-state index is 12.9. The molecule has 0 atom stereocenters. The monoisotopic (exact) mass is 278 g/mol. The Balaban J connectivity index is 2.36. The van der Waals surface area contributed by atoms with E-state index in [4.69, 9.17) is 0 Å². The van der Waals surface area contributed by atoms with Gasteiger partial charge in [0, 0.05) is 30.2 Å². The summed E-state index contributed by atoms with van der Waals surface area (Å²) < 4.78 is 40.5. The van der Waals surface area contributed by atoms with Crippen molar-refractivity contribution in [1.29, 1.82) is 0 Å². The Kier molecular flexibility index (Phi) is 2.70. The highest BCUT2D eigenvalue weighted by Crippen LogP contribution is 2.35. The molecular formula is C13H9F3N4. The van der Waals surface area contributed by atoms with Crippen molar-refractivity contribution in [3.8, 4) is 11.5 Å². The van der Waals surface area contributed by atoms with Crippen LogP contribution in [0.15, 0.2) is 36.7 Å². The van der Waals surface area contributed by atoms with Crippen LogP contribution in [0, 0.1) is 0 Å². The zero-order chi connectivity index (χ0) is 14.3. The molecule has 1 aromatic carbocycles. The van der Waals surface area contributed by atoms with Gasteiger partial charge in [0.2, 0.25) is 0 Å². The first-order chi connectivity index (χ1) is 9.48. The topological polar surface area (TPSA) is 43.6 Å². The third-order valence-corrected chi connectivity index (χ3v) is 2.99. The summed E-state index contributed by atoms with van der Waals surface area (Å²) in [5, 5.41) is 7.47. The van der Waals surface area contributed by atoms with Crippen molar-refractivity contribution in [3.63, 3.8) is 0 Å². The molecule has 3 rings (SSSR count). The predicted octanol–water partition coefficient (Wildman–Crippen LogP) is 3.05. The summed E-state index contributed by atoms with van der Waals surface area (Å²) >= 11 is 0. The fourth-order valence-corrected chi connectivity index (χ4v) is 2.07. The first kappa shape index (κ1) is 12.6. The normalized spacial score (nSPS) is 12.0. The molecule has 7 heteroatoms. The van der Waals surface area contributed by atoms with E-state index in [0.29, 0.717) is 16.9 Å². The molecule has 0 aliphatic carbocycles. The summed E-state index contributed by atoms with van der Waals surface area (Å²) in [6.07, 6.45) is -1.28. The quantitative estimate of drug-likeness (QED) is 0.687. The van der Waals surface area contributed by atoms with Gasteiger partial charge in [-0.1, -0.05) is 24.3 Å². The maximum Gasteiger partial charge on any atom is 0.435 e. The number of benzene rings is 1. The average molecular weight is 278 g/mol. The van der Waals surface area contributed by atoms with Crippen molar-refractivity contribution in [2.24, 2.45) is 7.05 Å². The van der Waals surface area contributed by atoms with Gasteiger partial charge in [0.1, 0.15) is 5.69 Å². The SMILES string of the molecule is Cn1ccnc1-c1nnc(C(F)(F)F)c2ccccc12. The van der Waals surface area contributed by atoms with Crippen LogP contribution in [0.5, 0.6) is 0 Å². The number of aryl methyl sites for hydroxylation is 1. The standard InChI is InChI=1S/C13H9F3N4/c1-20-7-6-17-12(20)10-8-4-2-3-5-9(8)11(19-18-10)13(14,15)16/h2-7H,1H3. The Bertz CT molecular complexity index is 777. The minimum absolute atomic E-state index is 0.0213. The molecule has 0 aliphatic heterocycles. The minimum Gasteiger partial charge on any atom is -0.333 e. The fraction of sp³-hybridized carbons (Fsp3) is 0.154. The Hall–Kier alpha value is -2.44. The molecule has 2 aromatic heterocycles. The van der Waals surface area contributed by atoms with Crippen LogP contribution >= 0.6 is 0 Å². The van der Waals surface area contributed by atoms with Crippen LogP contribution in [0.4, 0.5) is 13.2 Å². The third-order valence-electron chi connectivity index (χ3n) is 2.99. The van der Waals surface area contributed by atoms with Crippen LogP contribution < -0.4 is 0 Å². The lowest BCUT2D eigenvalue weighted by molar-refractivity contribution is -0.140. The molecule has 2 heterocycles. The summed E-state index contributed by atoms with van der Waals surface area (Å²) in [5.74, 6) is 0.474. The molecule has 0 unspecified atom stereocenters. The van der Waals surface area contributed by atoms with Crippen molar-refractivity contribution in [2.75, 3.05) is 0 Å². The number of nitrogens with zero attached hydrogens (tertiary/aromatic N) is 4. The van der Waals surface area contributed by atoms with Gasteiger partial charge in [-0.25, -0.2) is 4.98 Å². The molecule has 3 aromatic rings. The van der Waals surface area contributed by atoms with Gasteiger partial charge in [0.05, 0.1) is 0 Å². The Morgan fingerprint density at radius 2 is 1.75 bits per heavy atom. The molecule has 0 spiro atoms. The molecule has 102 valence electrons. The van der Waals surface area contributed by atoms with Crippen molar-refractivity contribution < 1.29 is 13.2 Å². The summed E-state index contributed by atoms with van der Waals surface area (Å²) in [5.41, 5.74) is -0.646. The van der Waals surface area contributed by atoms with Gasteiger partial charge in [-0.2, -0.15) is 13.2 Å². The Morgan fingerprint density at radius 1 is 1.05 bits per heavy atom. The predicted molar refractivity (Wildman–Crippen MR) is 66.7 cm³/mol. The number of hydrogen-bond donors (Lipinski definition) is 0. The van der Waals surface area contributed by atoms with E-state index in [0.717, 1.165) is 0 Å². The summed E-state index contributed by atoms with van der Waals surface area (Å²) in [6.45, 7) is 0. The Morgan fingerprint density at radius 3 is 2.35 bits per heavy atom. The lowest BCUT2D eigenvalue weighted by atomic mass is 10.1. The number of aromatic nitrogens is 4. The van der Waals surface area contributed by atoms with Crippen molar-refractivity contribution in [1.82, 2.24) is 19.7 Å². The van der Waals surface area contributed by atoms with Crippen LogP contribution in [-0.2, 0) is 13.2 Å². The highest BCUT2D eigenvalue weighted by Gasteiger charge is 2.36. The average Bonchev–Trinajstić information content (AvgIpc) is 2.82. The largest absolute Gasteiger partial charge is 0.435 e. The van der Waals surface area contributed by atoms with E-state index in [9.17, 15) is 13.2 Å². The second kappa shape index (κ2) is 4.29. The van der Waals surface area contributed by atoms with Gasteiger partial charge in [-0.3, -0.25) is 0 Å². The molecular weight excluding hydrogens is 269 g/mol. The van der Waals surface area contributed by atoms with E-state index < -0.39 is 11.9 Å². The number of imidazole rings is 1. The third kappa shape index (κ3) is 1.91. The molecule has 0 saturated carbocycles. The van der Waals surface area contributed by atoms with E-state index in [1.54, 1.807) is 42.2 Å². The number of rotatable bonds is 1. The fourth-order valence-electron chi connectivity index (χ4n) is 2.07. The summed E-state index contributed by atoms with van der Waals surface area (Å²) in [6, 6.07) is 6.18. The van der Waals surface area contributed by atoms with Gasteiger partial charge in [-0.05, 0) is 0 Å². The van der Waals surface area contributed by atoms with E-state index in [-0.39, 0.29) is 5.39 Å². The van der Waals surface area contributed by atoms with Crippen molar-refractivity contribution >= 4 is 10.8 Å². The lowest BCUT2D eigenvalue weighted by Crippen LogP contribution is -2.11. The van der Waals surface area contributed by atoms with Crippen LogP contribution in [0.25, 0.3) is 22.3 Å². The Labute approximate surface area is 111 Å². The zero-order valence-electron chi connectivity index (χ0n) is 10.4. The molecule has 0 saturated heterocycles. The summed E-state index contributed by atoms with van der Waals surface area (Å²) in [7, 11) is 1.75. The number of fused-ring (bicyclic) bond motifs is 1. The van der Waals surface area contributed by atoms with E-state index in [2.05, 4.69) is 15.2 Å². The number of hydrogen-bond acceptors (Lipinski definition) is 3. The van der Waals surface area contributed by atoms with E-state index >= 15 is 0 Å². The van der Waals surface area contributed by atoms with E-state index in [1.165, 1.54) is 6.07 Å². The van der Waals surface area contributed by atoms with Gasteiger partial charge < -0.3 is 4.57 Å². The van der Waals surface area contributed by atoms with Crippen LogP contribution in [0.3, 0.4) is 0 Å². The van der Waals surface area contributed by atoms with Crippen LogP contribution in [0.2, 0.25) is 0 Å². The van der Waals surface area contributed by atoms with E-state index in [1.807, 2.05) is 0 Å². The van der Waals surface area contributed by atoms with Gasteiger partial charge in [0.15, 0.2) is 11.5 Å². The highest BCUT2D eigenvalue weighted by atomic mass is 19.4. The second-order valence-electron chi connectivity index (χ2n) is 4.30.